The summed E-state index contributed by atoms with van der Waals surface area (Å²) in [5.74, 6) is -0.992. The zero-order valence-corrected chi connectivity index (χ0v) is 17.6. The topological polar surface area (TPSA) is 114 Å². The number of anilines is 1. The van der Waals surface area contributed by atoms with Gasteiger partial charge in [-0.1, -0.05) is 0 Å². The number of carbonyl (C=O) groups is 1. The molecule has 0 fully saturated rings. The second-order valence-electron chi connectivity index (χ2n) is 3.90. The second-order valence-corrected chi connectivity index (χ2v) is 7.12. The van der Waals surface area contributed by atoms with Crippen LogP contribution < -0.4 is 44.3 Å². The molecule has 0 saturated carbocycles. The molecule has 24 heavy (non-hydrogen) atoms. The first-order valence-electron chi connectivity index (χ1n) is 6.03. The number of hydrogen-bond acceptors (Lipinski definition) is 8. The van der Waals surface area contributed by atoms with Gasteiger partial charge in [0.2, 0.25) is 5.91 Å². The van der Waals surface area contributed by atoms with E-state index in [9.17, 15) is 18.5 Å². The molecule has 130 valence electrons. The van der Waals surface area contributed by atoms with E-state index in [1.807, 2.05) is 0 Å². The first-order valence-corrected chi connectivity index (χ1v) is 9.42. The summed E-state index contributed by atoms with van der Waals surface area (Å²) in [6.45, 7) is 0. The van der Waals surface area contributed by atoms with Crippen LogP contribution >= 0.6 is 35.2 Å². The molecule has 1 rings (SSSR count). The molecule has 0 aliphatic heterocycles. The molecule has 0 aliphatic rings. The SMILES string of the molecule is O=C(CCCl)Nc1cc(SOO[O-])ccc1OS(=O)(=O)CCCl.[Na+]. The van der Waals surface area contributed by atoms with Crippen molar-refractivity contribution in [2.24, 2.45) is 0 Å². The van der Waals surface area contributed by atoms with Gasteiger partial charge in [-0.05, 0) is 18.2 Å². The molecule has 1 aromatic rings. The summed E-state index contributed by atoms with van der Waals surface area (Å²) in [5, 5.41) is 15.5. The maximum atomic E-state index is 11.7. The molecular formula is C11H12Cl2NNaO7S2. The van der Waals surface area contributed by atoms with E-state index in [-0.39, 0.29) is 59.2 Å². The van der Waals surface area contributed by atoms with Crippen molar-refractivity contribution in [1.82, 2.24) is 0 Å². The van der Waals surface area contributed by atoms with E-state index < -0.39 is 21.8 Å². The molecule has 0 heterocycles. The van der Waals surface area contributed by atoms with Gasteiger partial charge in [0, 0.05) is 23.1 Å². The molecule has 0 atom stereocenters. The van der Waals surface area contributed by atoms with E-state index in [0.717, 1.165) is 0 Å². The van der Waals surface area contributed by atoms with E-state index >= 15 is 0 Å². The third kappa shape index (κ3) is 9.09. The Morgan fingerprint density at radius 1 is 1.29 bits per heavy atom. The van der Waals surface area contributed by atoms with Gasteiger partial charge in [-0.25, -0.2) is 0 Å². The molecule has 0 unspecified atom stereocenters. The van der Waals surface area contributed by atoms with Gasteiger partial charge in [0.15, 0.2) is 5.75 Å². The van der Waals surface area contributed by atoms with Gasteiger partial charge >= 0.3 is 39.7 Å². The van der Waals surface area contributed by atoms with Gasteiger partial charge in [-0.3, -0.25) is 9.83 Å². The number of carbonyl (C=O) groups excluding carboxylic acids is 1. The number of hydrogen-bond donors (Lipinski definition) is 1. The van der Waals surface area contributed by atoms with E-state index in [0.29, 0.717) is 16.9 Å². The average Bonchev–Trinajstić information content (AvgIpc) is 2.47. The maximum absolute atomic E-state index is 11.7. The number of nitrogens with one attached hydrogen (secondary N) is 1. The Kier molecular flexibility index (Phi) is 12.7. The summed E-state index contributed by atoms with van der Waals surface area (Å²) in [7, 11) is -3.91. The molecule has 1 N–H and O–H groups in total. The fourth-order valence-corrected chi connectivity index (χ4v) is 3.18. The quantitative estimate of drug-likeness (QED) is 0.119. The second kappa shape index (κ2) is 12.6. The van der Waals surface area contributed by atoms with Crippen molar-refractivity contribution in [3.8, 4) is 5.75 Å². The van der Waals surface area contributed by atoms with Crippen LogP contribution in [0.1, 0.15) is 6.42 Å². The average molecular weight is 428 g/mol. The largest absolute Gasteiger partial charge is 1.00 e. The zero-order valence-electron chi connectivity index (χ0n) is 12.5. The Hall–Kier alpha value is 0.250. The fourth-order valence-electron chi connectivity index (χ4n) is 1.36. The van der Waals surface area contributed by atoms with Crippen LogP contribution in [-0.2, 0) is 24.3 Å². The number of amides is 1. The Balaban J connectivity index is 0.00000529. The van der Waals surface area contributed by atoms with Crippen LogP contribution in [0.2, 0.25) is 0 Å². The first-order chi connectivity index (χ1) is 10.9. The minimum Gasteiger partial charge on any atom is -0.691 e. The number of rotatable bonds is 10. The van der Waals surface area contributed by atoms with Crippen molar-refractivity contribution in [2.45, 2.75) is 11.3 Å². The van der Waals surface area contributed by atoms with Gasteiger partial charge in [0.05, 0.1) is 23.5 Å². The molecule has 0 radical (unpaired) electrons. The summed E-state index contributed by atoms with van der Waals surface area (Å²) in [6, 6.07) is 4.05. The first kappa shape index (κ1) is 24.2. The molecule has 0 bridgehead atoms. The van der Waals surface area contributed by atoms with Crippen LogP contribution in [0.4, 0.5) is 5.69 Å². The maximum Gasteiger partial charge on any atom is 1.00 e. The summed E-state index contributed by atoms with van der Waals surface area (Å²) in [6.07, 6.45) is 0.0208. The standard InChI is InChI=1S/C11H13Cl2NO7S2.Na/c12-4-3-11(15)14-9-7-8(22-21-20-16)1-2-10(9)19-23(17,18)6-5-13;/h1-2,7,16H,3-6H2,(H,14,15);/q;+1/p-1. The van der Waals surface area contributed by atoms with Gasteiger partial charge in [-0.15, -0.1) is 23.2 Å². The molecule has 13 heteroatoms. The van der Waals surface area contributed by atoms with Crippen molar-refractivity contribution in [3.63, 3.8) is 0 Å². The van der Waals surface area contributed by atoms with Gasteiger partial charge < -0.3 is 14.8 Å². The minimum absolute atomic E-state index is 0. The molecule has 8 nitrogen and oxygen atoms in total. The van der Waals surface area contributed by atoms with Crippen LogP contribution in [0, 0.1) is 0 Å². The van der Waals surface area contributed by atoms with Crippen LogP contribution in [0.3, 0.4) is 0 Å². The van der Waals surface area contributed by atoms with Crippen LogP contribution in [0.15, 0.2) is 23.1 Å². The van der Waals surface area contributed by atoms with Crippen molar-refractivity contribution >= 4 is 57.0 Å². The van der Waals surface area contributed by atoms with Gasteiger partial charge in [0.1, 0.15) is 0 Å². The Bertz CT molecular complexity index is 633. The van der Waals surface area contributed by atoms with Crippen molar-refractivity contribution in [1.29, 1.82) is 0 Å². The normalized spacial score (nSPS) is 10.8. The van der Waals surface area contributed by atoms with Crippen molar-refractivity contribution < 1.29 is 61.6 Å². The third-order valence-electron chi connectivity index (χ3n) is 2.25. The van der Waals surface area contributed by atoms with E-state index in [4.69, 9.17) is 27.4 Å². The van der Waals surface area contributed by atoms with E-state index in [2.05, 4.69) is 14.7 Å². The molecule has 0 aliphatic carbocycles. The van der Waals surface area contributed by atoms with Crippen LogP contribution in [0.5, 0.6) is 5.75 Å². The Morgan fingerprint density at radius 2 is 2.00 bits per heavy atom. The summed E-state index contributed by atoms with van der Waals surface area (Å²) < 4.78 is 32.4. The smallest absolute Gasteiger partial charge is 0.691 e. The van der Waals surface area contributed by atoms with Crippen LogP contribution in [0.25, 0.3) is 0 Å². The third-order valence-corrected chi connectivity index (χ3v) is 4.56. The summed E-state index contributed by atoms with van der Waals surface area (Å²) in [5.41, 5.74) is 0.0674. The van der Waals surface area contributed by atoms with E-state index in [1.165, 1.54) is 18.2 Å². The molecule has 0 spiro atoms. The monoisotopic (exact) mass is 427 g/mol. The molecule has 1 aromatic carbocycles. The molecule has 0 aromatic heterocycles. The number of benzene rings is 1. The number of halogens is 2. The van der Waals surface area contributed by atoms with Crippen molar-refractivity contribution in [2.75, 3.05) is 22.8 Å². The predicted molar refractivity (Wildman–Crippen MR) is 83.6 cm³/mol. The van der Waals surface area contributed by atoms with Crippen LogP contribution in [-0.4, -0.2) is 31.8 Å². The van der Waals surface area contributed by atoms with Gasteiger partial charge in [0.25, 0.3) is 0 Å². The zero-order chi connectivity index (χ0) is 17.3. The molecular weight excluding hydrogens is 416 g/mol. The Morgan fingerprint density at radius 3 is 2.58 bits per heavy atom. The summed E-state index contributed by atoms with van der Waals surface area (Å²) >= 11 is 11.4. The van der Waals surface area contributed by atoms with Crippen molar-refractivity contribution in [3.05, 3.63) is 18.2 Å². The minimum atomic E-state index is -3.91. The molecule has 1 amide bonds. The van der Waals surface area contributed by atoms with E-state index in [1.54, 1.807) is 0 Å². The summed E-state index contributed by atoms with van der Waals surface area (Å²) in [4.78, 5) is 12.0. The number of alkyl halides is 2. The molecule has 0 saturated heterocycles. The Labute approximate surface area is 175 Å². The van der Waals surface area contributed by atoms with Gasteiger partial charge in [-0.2, -0.15) is 12.8 Å². The fraction of sp³-hybridized carbons (Fsp3) is 0.364. The predicted octanol–water partition coefficient (Wildman–Crippen LogP) is -1.56.